The van der Waals surface area contributed by atoms with Crippen LogP contribution in [0, 0.1) is 0 Å². The molecule has 0 fully saturated rings. The number of aliphatic hydroxyl groups excluding tert-OH is 1. The number of hydrogen-bond donors (Lipinski definition) is 2. The molecule has 4 nitrogen and oxygen atoms in total. The lowest BCUT2D eigenvalue weighted by Gasteiger charge is -2.07. The first-order valence-corrected chi connectivity index (χ1v) is 6.67. The lowest BCUT2D eigenvalue weighted by Crippen LogP contribution is -2.02. The molecule has 0 bridgehead atoms. The predicted octanol–water partition coefficient (Wildman–Crippen LogP) is 2.90. The van der Waals surface area contributed by atoms with Gasteiger partial charge in [0.25, 0.3) is 0 Å². The largest absolute Gasteiger partial charge is 0.394 e. The molecule has 1 heterocycles. The van der Waals surface area contributed by atoms with Gasteiger partial charge in [0, 0.05) is 33.5 Å². The van der Waals surface area contributed by atoms with Crippen molar-refractivity contribution in [2.75, 3.05) is 11.9 Å². The van der Waals surface area contributed by atoms with Gasteiger partial charge in [-0.1, -0.05) is 11.6 Å². The van der Waals surface area contributed by atoms with Crippen LogP contribution < -0.4 is 5.32 Å². The Labute approximate surface area is 119 Å². The minimum atomic E-state index is 0.0945. The molecule has 0 aliphatic rings. The molecule has 0 atom stereocenters. The van der Waals surface area contributed by atoms with Crippen molar-refractivity contribution in [2.45, 2.75) is 13.1 Å². The number of nitrogens with one attached hydrogen (secondary N) is 1. The highest BCUT2D eigenvalue weighted by molar-refractivity contribution is 9.10. The average molecular weight is 331 g/mol. The summed E-state index contributed by atoms with van der Waals surface area (Å²) in [5.41, 5.74) is 2.04. The van der Waals surface area contributed by atoms with Crippen molar-refractivity contribution in [3.8, 4) is 0 Å². The van der Waals surface area contributed by atoms with Gasteiger partial charge in [-0.15, -0.1) is 0 Å². The summed E-state index contributed by atoms with van der Waals surface area (Å²) < 4.78 is 2.64. The first-order chi connectivity index (χ1) is 8.69. The summed E-state index contributed by atoms with van der Waals surface area (Å²) in [6.07, 6.45) is 3.69. The van der Waals surface area contributed by atoms with Crippen LogP contribution in [0.2, 0.25) is 5.02 Å². The molecular weight excluding hydrogens is 318 g/mol. The van der Waals surface area contributed by atoms with Crippen molar-refractivity contribution in [2.24, 2.45) is 0 Å². The number of benzene rings is 1. The first-order valence-electron chi connectivity index (χ1n) is 5.50. The highest BCUT2D eigenvalue weighted by atomic mass is 79.9. The smallest absolute Gasteiger partial charge is 0.0640 e. The number of rotatable bonds is 5. The molecule has 96 valence electrons. The molecule has 1 aromatic heterocycles. The van der Waals surface area contributed by atoms with E-state index in [-0.39, 0.29) is 6.61 Å². The van der Waals surface area contributed by atoms with Crippen molar-refractivity contribution >= 4 is 33.2 Å². The van der Waals surface area contributed by atoms with Crippen LogP contribution >= 0.6 is 27.5 Å². The standard InChI is InChI=1S/C12H13BrClN3O/c13-11-5-10(14)1-2-12(11)15-6-9-7-16-17(8-9)3-4-18/h1-2,5,7-8,15,18H,3-4,6H2. The second-order valence-electron chi connectivity index (χ2n) is 3.81. The SMILES string of the molecule is OCCn1cc(CNc2ccc(Cl)cc2Br)cn1. The molecule has 2 aromatic rings. The van der Waals surface area contributed by atoms with Gasteiger partial charge in [0.05, 0.1) is 19.3 Å². The number of halogens is 2. The normalized spacial score (nSPS) is 10.6. The molecule has 2 N–H and O–H groups in total. The summed E-state index contributed by atoms with van der Waals surface area (Å²) in [5.74, 6) is 0. The van der Waals surface area contributed by atoms with Gasteiger partial charge in [0.1, 0.15) is 0 Å². The molecule has 6 heteroatoms. The van der Waals surface area contributed by atoms with Crippen LogP contribution in [0.3, 0.4) is 0 Å². The molecule has 0 saturated carbocycles. The number of anilines is 1. The van der Waals surface area contributed by atoms with E-state index < -0.39 is 0 Å². The van der Waals surface area contributed by atoms with E-state index in [1.807, 2.05) is 24.4 Å². The van der Waals surface area contributed by atoms with Crippen molar-refractivity contribution in [3.05, 3.63) is 45.7 Å². The molecule has 0 aliphatic carbocycles. The fourth-order valence-electron chi connectivity index (χ4n) is 1.55. The van der Waals surface area contributed by atoms with E-state index in [2.05, 4.69) is 26.3 Å². The van der Waals surface area contributed by atoms with Crippen molar-refractivity contribution < 1.29 is 5.11 Å². The topological polar surface area (TPSA) is 50.1 Å². The number of aliphatic hydroxyl groups is 1. The summed E-state index contributed by atoms with van der Waals surface area (Å²) in [7, 11) is 0. The number of nitrogens with zero attached hydrogens (tertiary/aromatic N) is 2. The van der Waals surface area contributed by atoms with E-state index in [9.17, 15) is 0 Å². The van der Waals surface area contributed by atoms with E-state index in [4.69, 9.17) is 16.7 Å². The van der Waals surface area contributed by atoms with Crippen LogP contribution in [0.5, 0.6) is 0 Å². The summed E-state index contributed by atoms with van der Waals surface area (Å²) >= 11 is 9.33. The fraction of sp³-hybridized carbons (Fsp3) is 0.250. The van der Waals surface area contributed by atoms with Crippen molar-refractivity contribution in [3.63, 3.8) is 0 Å². The van der Waals surface area contributed by atoms with Crippen LogP contribution in [0.1, 0.15) is 5.56 Å². The molecule has 0 radical (unpaired) electrons. The second-order valence-corrected chi connectivity index (χ2v) is 5.10. The first kappa shape index (κ1) is 13.4. The highest BCUT2D eigenvalue weighted by Gasteiger charge is 2.02. The van der Waals surface area contributed by atoms with Crippen LogP contribution in [-0.2, 0) is 13.1 Å². The number of aromatic nitrogens is 2. The maximum absolute atomic E-state index is 8.80. The zero-order chi connectivity index (χ0) is 13.0. The monoisotopic (exact) mass is 329 g/mol. The van der Waals surface area contributed by atoms with E-state index in [0.29, 0.717) is 18.1 Å². The third-order valence-electron chi connectivity index (χ3n) is 2.43. The molecule has 18 heavy (non-hydrogen) atoms. The zero-order valence-corrected chi connectivity index (χ0v) is 11.9. The van der Waals surface area contributed by atoms with Crippen LogP contribution in [0.4, 0.5) is 5.69 Å². The van der Waals surface area contributed by atoms with Gasteiger partial charge in [-0.3, -0.25) is 4.68 Å². The summed E-state index contributed by atoms with van der Waals surface area (Å²) in [6.45, 7) is 1.29. The maximum atomic E-state index is 8.80. The van der Waals surface area contributed by atoms with E-state index in [0.717, 1.165) is 15.7 Å². The third kappa shape index (κ3) is 3.48. The Bertz CT molecular complexity index is 530. The third-order valence-corrected chi connectivity index (χ3v) is 3.32. The van der Waals surface area contributed by atoms with E-state index in [1.54, 1.807) is 10.9 Å². The van der Waals surface area contributed by atoms with Crippen LogP contribution in [-0.4, -0.2) is 21.5 Å². The van der Waals surface area contributed by atoms with E-state index >= 15 is 0 Å². The molecular formula is C12H13BrClN3O. The fourth-order valence-corrected chi connectivity index (χ4v) is 2.38. The minimum Gasteiger partial charge on any atom is -0.394 e. The van der Waals surface area contributed by atoms with Gasteiger partial charge < -0.3 is 10.4 Å². The maximum Gasteiger partial charge on any atom is 0.0640 e. The quantitative estimate of drug-likeness (QED) is 0.886. The van der Waals surface area contributed by atoms with Crippen molar-refractivity contribution in [1.82, 2.24) is 9.78 Å². The Balaban J connectivity index is 1.97. The van der Waals surface area contributed by atoms with Gasteiger partial charge in [0.2, 0.25) is 0 Å². The molecule has 0 aliphatic heterocycles. The molecule has 2 rings (SSSR count). The summed E-state index contributed by atoms with van der Waals surface area (Å²) in [4.78, 5) is 0. The van der Waals surface area contributed by atoms with Gasteiger partial charge in [-0.05, 0) is 34.1 Å². The Kier molecular flexibility index (Phi) is 4.63. The molecule has 0 saturated heterocycles. The molecule has 0 unspecified atom stereocenters. The summed E-state index contributed by atoms with van der Waals surface area (Å²) in [6, 6.07) is 5.60. The lowest BCUT2D eigenvalue weighted by molar-refractivity contribution is 0.269. The van der Waals surface area contributed by atoms with Crippen LogP contribution in [0.25, 0.3) is 0 Å². The van der Waals surface area contributed by atoms with Gasteiger partial charge in [-0.25, -0.2) is 0 Å². The summed E-state index contributed by atoms with van der Waals surface area (Å²) in [5, 5.41) is 16.9. The Morgan fingerprint density at radius 2 is 2.28 bits per heavy atom. The van der Waals surface area contributed by atoms with Gasteiger partial charge in [-0.2, -0.15) is 5.10 Å². The Morgan fingerprint density at radius 1 is 1.44 bits per heavy atom. The number of hydrogen-bond acceptors (Lipinski definition) is 3. The Hall–Kier alpha value is -1.04. The predicted molar refractivity (Wildman–Crippen MR) is 75.8 cm³/mol. The van der Waals surface area contributed by atoms with Gasteiger partial charge in [0.15, 0.2) is 0 Å². The van der Waals surface area contributed by atoms with Crippen molar-refractivity contribution in [1.29, 1.82) is 0 Å². The highest BCUT2D eigenvalue weighted by Crippen LogP contribution is 2.26. The zero-order valence-electron chi connectivity index (χ0n) is 9.61. The molecule has 0 spiro atoms. The van der Waals surface area contributed by atoms with Gasteiger partial charge >= 0.3 is 0 Å². The van der Waals surface area contributed by atoms with Crippen LogP contribution in [0.15, 0.2) is 35.1 Å². The Morgan fingerprint density at radius 3 is 3.00 bits per heavy atom. The molecule has 1 aromatic carbocycles. The average Bonchev–Trinajstić information content (AvgIpc) is 2.76. The lowest BCUT2D eigenvalue weighted by atomic mass is 10.3. The second kappa shape index (κ2) is 6.22. The minimum absolute atomic E-state index is 0.0945. The van der Waals surface area contributed by atoms with E-state index in [1.165, 1.54) is 0 Å². The molecule has 0 amide bonds.